The fraction of sp³-hybridized carbons (Fsp3) is 0.526. The van der Waals surface area contributed by atoms with Gasteiger partial charge in [-0.2, -0.15) is 4.98 Å². The number of hydrogen-bond acceptors (Lipinski definition) is 5. The SMILES string of the molecule is CC(=O)N1CCC[C@H]1[C@H]1CCCN1Cc1noc(-c2ccccc2)n1. The van der Waals surface area contributed by atoms with Crippen molar-refractivity contribution in [3.63, 3.8) is 0 Å². The van der Waals surface area contributed by atoms with Gasteiger partial charge in [0.15, 0.2) is 5.82 Å². The monoisotopic (exact) mass is 340 g/mol. The Hall–Kier alpha value is -2.21. The highest BCUT2D eigenvalue weighted by atomic mass is 16.5. The van der Waals surface area contributed by atoms with Crippen molar-refractivity contribution >= 4 is 5.91 Å². The van der Waals surface area contributed by atoms with Crippen molar-refractivity contribution in [3.8, 4) is 11.5 Å². The Morgan fingerprint density at radius 1 is 1.16 bits per heavy atom. The van der Waals surface area contributed by atoms with E-state index in [1.807, 2.05) is 30.3 Å². The van der Waals surface area contributed by atoms with Gasteiger partial charge < -0.3 is 9.42 Å². The highest BCUT2D eigenvalue weighted by Gasteiger charge is 2.39. The Kier molecular flexibility index (Phi) is 4.53. The molecule has 2 aliphatic rings. The molecule has 0 spiro atoms. The van der Waals surface area contributed by atoms with Gasteiger partial charge in [0.2, 0.25) is 5.91 Å². The minimum Gasteiger partial charge on any atom is -0.338 e. The molecular weight excluding hydrogens is 316 g/mol. The number of likely N-dealkylation sites (tertiary alicyclic amines) is 2. The van der Waals surface area contributed by atoms with Gasteiger partial charge in [0, 0.05) is 31.1 Å². The van der Waals surface area contributed by atoms with Crippen molar-refractivity contribution < 1.29 is 9.32 Å². The molecule has 2 fully saturated rings. The van der Waals surface area contributed by atoms with E-state index in [1.54, 1.807) is 6.92 Å². The lowest BCUT2D eigenvalue weighted by Gasteiger charge is -2.34. The first-order valence-corrected chi connectivity index (χ1v) is 9.11. The summed E-state index contributed by atoms with van der Waals surface area (Å²) in [4.78, 5) is 20.9. The van der Waals surface area contributed by atoms with Gasteiger partial charge in [0.05, 0.1) is 6.54 Å². The average molecular weight is 340 g/mol. The largest absolute Gasteiger partial charge is 0.338 e. The van der Waals surface area contributed by atoms with Crippen LogP contribution < -0.4 is 0 Å². The van der Waals surface area contributed by atoms with Crippen molar-refractivity contribution in [2.45, 2.75) is 51.2 Å². The summed E-state index contributed by atoms with van der Waals surface area (Å²) < 4.78 is 5.43. The molecule has 0 saturated carbocycles. The van der Waals surface area contributed by atoms with Crippen LogP contribution in [0.1, 0.15) is 38.4 Å². The number of nitrogens with zero attached hydrogens (tertiary/aromatic N) is 4. The molecule has 2 aromatic rings. The summed E-state index contributed by atoms with van der Waals surface area (Å²) >= 11 is 0. The lowest BCUT2D eigenvalue weighted by molar-refractivity contribution is -0.130. The third-order valence-corrected chi connectivity index (χ3v) is 5.40. The second-order valence-electron chi connectivity index (χ2n) is 6.98. The second-order valence-corrected chi connectivity index (χ2v) is 6.98. The Morgan fingerprint density at radius 2 is 1.92 bits per heavy atom. The molecule has 0 unspecified atom stereocenters. The van der Waals surface area contributed by atoms with Gasteiger partial charge in [-0.1, -0.05) is 23.4 Å². The van der Waals surface area contributed by atoms with E-state index in [0.717, 1.165) is 50.2 Å². The van der Waals surface area contributed by atoms with Gasteiger partial charge >= 0.3 is 0 Å². The third kappa shape index (κ3) is 3.31. The number of hydrogen-bond donors (Lipinski definition) is 0. The number of aromatic nitrogens is 2. The van der Waals surface area contributed by atoms with Crippen LogP contribution in [0.3, 0.4) is 0 Å². The Morgan fingerprint density at radius 3 is 2.72 bits per heavy atom. The molecule has 0 aliphatic carbocycles. The molecule has 2 saturated heterocycles. The molecule has 1 aromatic heterocycles. The van der Waals surface area contributed by atoms with E-state index in [0.29, 0.717) is 24.5 Å². The summed E-state index contributed by atoms with van der Waals surface area (Å²) in [5.74, 6) is 1.48. The molecule has 25 heavy (non-hydrogen) atoms. The highest BCUT2D eigenvalue weighted by molar-refractivity contribution is 5.74. The lowest BCUT2D eigenvalue weighted by Crippen LogP contribution is -2.47. The molecule has 2 aliphatic heterocycles. The maximum Gasteiger partial charge on any atom is 0.257 e. The molecule has 0 bridgehead atoms. The maximum atomic E-state index is 11.9. The van der Waals surface area contributed by atoms with Gasteiger partial charge in [-0.15, -0.1) is 0 Å². The van der Waals surface area contributed by atoms with Crippen LogP contribution in [0.4, 0.5) is 0 Å². The zero-order chi connectivity index (χ0) is 17.2. The van der Waals surface area contributed by atoms with E-state index >= 15 is 0 Å². The van der Waals surface area contributed by atoms with E-state index in [-0.39, 0.29) is 5.91 Å². The van der Waals surface area contributed by atoms with Gasteiger partial charge in [0.25, 0.3) is 5.89 Å². The number of carbonyl (C=O) groups is 1. The van der Waals surface area contributed by atoms with Gasteiger partial charge in [-0.25, -0.2) is 0 Å². The predicted octanol–water partition coefficient (Wildman–Crippen LogP) is 2.71. The summed E-state index contributed by atoms with van der Waals surface area (Å²) in [5, 5.41) is 4.16. The molecule has 1 amide bonds. The first-order chi connectivity index (χ1) is 12.2. The zero-order valence-corrected chi connectivity index (χ0v) is 14.6. The number of amides is 1. The molecule has 6 heteroatoms. The topological polar surface area (TPSA) is 62.5 Å². The molecule has 132 valence electrons. The van der Waals surface area contributed by atoms with Crippen molar-refractivity contribution in [1.29, 1.82) is 0 Å². The number of benzene rings is 1. The van der Waals surface area contributed by atoms with Crippen LogP contribution >= 0.6 is 0 Å². The minimum absolute atomic E-state index is 0.195. The van der Waals surface area contributed by atoms with Crippen molar-refractivity contribution in [2.24, 2.45) is 0 Å². The van der Waals surface area contributed by atoms with Crippen molar-refractivity contribution in [3.05, 3.63) is 36.2 Å². The van der Waals surface area contributed by atoms with Crippen LogP contribution in [0.2, 0.25) is 0 Å². The standard InChI is InChI=1S/C19H24N4O2/c1-14(24)23-12-6-10-17(23)16-9-5-11-22(16)13-18-20-19(25-21-18)15-7-3-2-4-8-15/h2-4,7-8,16-17H,5-6,9-13H2,1H3/t16-,17+/m1/s1. The van der Waals surface area contributed by atoms with Crippen LogP contribution in [0.25, 0.3) is 11.5 Å². The molecule has 0 radical (unpaired) electrons. The summed E-state index contributed by atoms with van der Waals surface area (Å²) in [5.41, 5.74) is 0.942. The zero-order valence-electron chi connectivity index (χ0n) is 14.6. The molecule has 4 rings (SSSR count). The van der Waals surface area contributed by atoms with E-state index in [2.05, 4.69) is 19.9 Å². The summed E-state index contributed by atoms with van der Waals surface area (Å²) in [7, 11) is 0. The summed E-state index contributed by atoms with van der Waals surface area (Å²) in [6.07, 6.45) is 4.51. The third-order valence-electron chi connectivity index (χ3n) is 5.40. The van der Waals surface area contributed by atoms with Crippen LogP contribution in [0, 0.1) is 0 Å². The molecular formula is C19H24N4O2. The molecule has 1 aromatic carbocycles. The normalized spacial score (nSPS) is 24.1. The summed E-state index contributed by atoms with van der Waals surface area (Å²) in [6.45, 7) is 4.29. The molecule has 0 N–H and O–H groups in total. The van der Waals surface area contributed by atoms with Crippen LogP contribution in [-0.4, -0.2) is 51.0 Å². The first kappa shape index (κ1) is 16.3. The highest BCUT2D eigenvalue weighted by Crippen LogP contribution is 2.31. The smallest absolute Gasteiger partial charge is 0.257 e. The average Bonchev–Trinajstić information content (AvgIpc) is 3.36. The van der Waals surface area contributed by atoms with Crippen LogP contribution in [-0.2, 0) is 11.3 Å². The van der Waals surface area contributed by atoms with Gasteiger partial charge in [-0.05, 0) is 44.4 Å². The maximum absolute atomic E-state index is 11.9. The minimum atomic E-state index is 0.195. The first-order valence-electron chi connectivity index (χ1n) is 9.11. The van der Waals surface area contributed by atoms with Crippen molar-refractivity contribution in [1.82, 2.24) is 19.9 Å². The molecule has 3 heterocycles. The van der Waals surface area contributed by atoms with Gasteiger partial charge in [0.1, 0.15) is 0 Å². The lowest BCUT2D eigenvalue weighted by atomic mass is 10.0. The van der Waals surface area contributed by atoms with E-state index < -0.39 is 0 Å². The summed E-state index contributed by atoms with van der Waals surface area (Å²) in [6, 6.07) is 10.6. The Balaban J connectivity index is 1.47. The van der Waals surface area contributed by atoms with Crippen LogP contribution in [0.15, 0.2) is 34.9 Å². The van der Waals surface area contributed by atoms with Crippen molar-refractivity contribution in [2.75, 3.05) is 13.1 Å². The van der Waals surface area contributed by atoms with E-state index in [4.69, 9.17) is 4.52 Å². The van der Waals surface area contributed by atoms with E-state index in [9.17, 15) is 4.79 Å². The quantitative estimate of drug-likeness (QED) is 0.856. The molecule has 2 atom stereocenters. The van der Waals surface area contributed by atoms with Crippen LogP contribution in [0.5, 0.6) is 0 Å². The fourth-order valence-electron chi connectivity index (χ4n) is 4.27. The number of carbonyl (C=O) groups excluding carboxylic acids is 1. The number of rotatable bonds is 4. The predicted molar refractivity (Wildman–Crippen MR) is 93.6 cm³/mol. The second kappa shape index (κ2) is 6.96. The Labute approximate surface area is 147 Å². The fourth-order valence-corrected chi connectivity index (χ4v) is 4.27. The molecule has 6 nitrogen and oxygen atoms in total. The Bertz CT molecular complexity index is 730. The van der Waals surface area contributed by atoms with Gasteiger partial charge in [-0.3, -0.25) is 9.69 Å². The van der Waals surface area contributed by atoms with E-state index in [1.165, 1.54) is 0 Å².